The monoisotopic (exact) mass is 402 g/mol. The highest BCUT2D eigenvalue weighted by atomic mass is 35.5. The van der Waals surface area contributed by atoms with Crippen LogP contribution in [0.3, 0.4) is 0 Å². The highest BCUT2D eigenvalue weighted by Crippen LogP contribution is 2.34. The number of hydrogen-bond donors (Lipinski definition) is 1. The summed E-state index contributed by atoms with van der Waals surface area (Å²) in [7, 11) is 0. The number of carbonyl (C=O) groups is 1. The van der Waals surface area contributed by atoms with Gasteiger partial charge in [-0.1, -0.05) is 40.6 Å². The summed E-state index contributed by atoms with van der Waals surface area (Å²) >= 11 is 13.0. The molecule has 0 saturated heterocycles. The number of rotatable bonds is 4. The topological polar surface area (TPSA) is 59.8 Å². The third-order valence-electron chi connectivity index (χ3n) is 3.30. The average Bonchev–Trinajstić information content (AvgIpc) is 3.16. The Morgan fingerprint density at radius 2 is 2.12 bits per heavy atom. The van der Waals surface area contributed by atoms with E-state index < -0.39 is 12.5 Å². The minimum Gasteiger partial charge on any atom is -0.298 e. The molecule has 0 bridgehead atoms. The molecule has 0 saturated carbocycles. The van der Waals surface area contributed by atoms with Crippen LogP contribution in [0.2, 0.25) is 10.0 Å². The van der Waals surface area contributed by atoms with Crippen LogP contribution in [0.4, 0.5) is 13.9 Å². The Morgan fingerprint density at radius 1 is 1.36 bits per heavy atom. The Balaban J connectivity index is 1.89. The first-order valence-electron chi connectivity index (χ1n) is 6.92. The van der Waals surface area contributed by atoms with E-state index in [1.807, 2.05) is 0 Å². The van der Waals surface area contributed by atoms with E-state index in [2.05, 4.69) is 15.3 Å². The molecule has 3 rings (SSSR count). The lowest BCUT2D eigenvalue weighted by molar-refractivity contribution is 0.0720. The Kier molecular flexibility index (Phi) is 5.03. The Morgan fingerprint density at radius 3 is 2.84 bits per heavy atom. The fourth-order valence-electron chi connectivity index (χ4n) is 2.15. The molecule has 2 aromatic heterocycles. The number of halogens is 4. The van der Waals surface area contributed by atoms with Crippen molar-refractivity contribution in [3.8, 4) is 10.7 Å². The lowest BCUT2D eigenvalue weighted by Gasteiger charge is -2.05. The summed E-state index contributed by atoms with van der Waals surface area (Å²) in [5.74, 6) is -0.406. The molecule has 1 N–H and O–H groups in total. The standard InChI is InChI=1S/C15H10Cl2F2N4OS/c1-7-11(12-20-5-6-23(12)14(18)19)25-15(21-7)22-13(24)8-3-2-4-9(16)10(8)17/h2-6,14H,1H3,(H,21,22,24). The molecule has 0 atom stereocenters. The predicted molar refractivity (Wildman–Crippen MR) is 93.7 cm³/mol. The number of nitrogens with zero attached hydrogens (tertiary/aromatic N) is 3. The van der Waals surface area contributed by atoms with Gasteiger partial charge in [0.05, 0.1) is 26.2 Å². The van der Waals surface area contributed by atoms with Crippen LogP contribution in [-0.2, 0) is 0 Å². The van der Waals surface area contributed by atoms with E-state index in [-0.39, 0.29) is 26.6 Å². The molecular formula is C15H10Cl2F2N4OS. The van der Waals surface area contributed by atoms with Crippen molar-refractivity contribution in [1.82, 2.24) is 14.5 Å². The second-order valence-electron chi connectivity index (χ2n) is 4.92. The van der Waals surface area contributed by atoms with Gasteiger partial charge in [-0.2, -0.15) is 8.78 Å². The van der Waals surface area contributed by atoms with Crippen molar-refractivity contribution in [3.63, 3.8) is 0 Å². The highest BCUT2D eigenvalue weighted by Gasteiger charge is 2.20. The van der Waals surface area contributed by atoms with Gasteiger partial charge in [0, 0.05) is 12.4 Å². The number of anilines is 1. The van der Waals surface area contributed by atoms with Crippen LogP contribution < -0.4 is 5.32 Å². The van der Waals surface area contributed by atoms with Crippen molar-refractivity contribution in [2.45, 2.75) is 13.5 Å². The maximum atomic E-state index is 13.0. The second-order valence-corrected chi connectivity index (χ2v) is 6.71. The molecule has 1 amide bonds. The van der Waals surface area contributed by atoms with Crippen molar-refractivity contribution < 1.29 is 13.6 Å². The zero-order chi connectivity index (χ0) is 18.1. The summed E-state index contributed by atoms with van der Waals surface area (Å²) in [4.78, 5) is 20.9. The smallest absolute Gasteiger partial charge is 0.298 e. The van der Waals surface area contributed by atoms with Crippen LogP contribution in [0.1, 0.15) is 22.6 Å². The van der Waals surface area contributed by atoms with E-state index >= 15 is 0 Å². The van der Waals surface area contributed by atoms with Gasteiger partial charge in [0.2, 0.25) is 0 Å². The van der Waals surface area contributed by atoms with Crippen LogP contribution in [-0.4, -0.2) is 20.4 Å². The first-order valence-corrected chi connectivity index (χ1v) is 8.50. The summed E-state index contributed by atoms with van der Waals surface area (Å²) in [6, 6.07) is 4.69. The van der Waals surface area contributed by atoms with Crippen LogP contribution in [0, 0.1) is 6.92 Å². The molecule has 1 aromatic carbocycles. The van der Waals surface area contributed by atoms with Crippen molar-refractivity contribution in [3.05, 3.63) is 51.9 Å². The van der Waals surface area contributed by atoms with Gasteiger partial charge in [0.1, 0.15) is 0 Å². The Hall–Kier alpha value is -2.03. The molecule has 3 aromatic rings. The molecule has 0 aliphatic carbocycles. The molecule has 0 aliphatic heterocycles. The van der Waals surface area contributed by atoms with E-state index in [0.29, 0.717) is 10.6 Å². The highest BCUT2D eigenvalue weighted by molar-refractivity contribution is 7.19. The summed E-state index contributed by atoms with van der Waals surface area (Å²) in [6.45, 7) is -1.07. The van der Waals surface area contributed by atoms with Gasteiger partial charge in [-0.25, -0.2) is 9.97 Å². The number of hydrogen-bond acceptors (Lipinski definition) is 4. The first-order chi connectivity index (χ1) is 11.9. The molecular weight excluding hydrogens is 393 g/mol. The minimum atomic E-state index is -2.72. The quantitative estimate of drug-likeness (QED) is 0.646. The summed E-state index contributed by atoms with van der Waals surface area (Å²) in [6.07, 6.45) is 2.47. The molecule has 0 fully saturated rings. The summed E-state index contributed by atoms with van der Waals surface area (Å²) < 4.78 is 26.8. The number of imidazole rings is 1. The van der Waals surface area contributed by atoms with E-state index in [1.165, 1.54) is 18.5 Å². The normalized spacial score (nSPS) is 11.1. The number of alkyl halides is 2. The van der Waals surface area contributed by atoms with Crippen molar-refractivity contribution in [2.75, 3.05) is 5.32 Å². The lowest BCUT2D eigenvalue weighted by atomic mass is 10.2. The largest absolute Gasteiger partial charge is 0.320 e. The van der Waals surface area contributed by atoms with E-state index in [0.717, 1.165) is 15.9 Å². The molecule has 130 valence electrons. The maximum Gasteiger partial charge on any atom is 0.320 e. The zero-order valence-corrected chi connectivity index (χ0v) is 15.0. The fraction of sp³-hybridized carbons (Fsp3) is 0.133. The number of thiazole rings is 1. The SMILES string of the molecule is Cc1nc(NC(=O)c2cccc(Cl)c2Cl)sc1-c1nccn1C(F)F. The second kappa shape index (κ2) is 7.07. The molecule has 0 unspecified atom stereocenters. The van der Waals surface area contributed by atoms with Crippen molar-refractivity contribution in [1.29, 1.82) is 0 Å². The summed E-state index contributed by atoms with van der Waals surface area (Å²) in [5.41, 5.74) is 0.670. The number of benzene rings is 1. The first kappa shape index (κ1) is 17.8. The minimum absolute atomic E-state index is 0.0892. The van der Waals surface area contributed by atoms with Crippen molar-refractivity contribution >= 4 is 45.6 Å². The van der Waals surface area contributed by atoms with Gasteiger partial charge >= 0.3 is 6.55 Å². The number of amides is 1. The molecule has 0 radical (unpaired) electrons. The van der Waals surface area contributed by atoms with Gasteiger partial charge < -0.3 is 0 Å². The van der Waals surface area contributed by atoms with Gasteiger partial charge in [-0.15, -0.1) is 0 Å². The van der Waals surface area contributed by atoms with Crippen LogP contribution in [0.5, 0.6) is 0 Å². The van der Waals surface area contributed by atoms with Gasteiger partial charge in [-0.05, 0) is 19.1 Å². The fourth-order valence-corrected chi connectivity index (χ4v) is 3.50. The number of aryl methyl sites for hydroxylation is 1. The van der Waals surface area contributed by atoms with Crippen molar-refractivity contribution in [2.24, 2.45) is 0 Å². The molecule has 10 heteroatoms. The summed E-state index contributed by atoms with van der Waals surface area (Å²) in [5, 5.41) is 3.23. The van der Waals surface area contributed by atoms with E-state index in [4.69, 9.17) is 23.2 Å². The molecule has 5 nitrogen and oxygen atoms in total. The maximum absolute atomic E-state index is 13.0. The van der Waals surface area contributed by atoms with Gasteiger partial charge in [-0.3, -0.25) is 14.7 Å². The Bertz CT molecular complexity index is 942. The zero-order valence-electron chi connectivity index (χ0n) is 12.6. The average molecular weight is 403 g/mol. The lowest BCUT2D eigenvalue weighted by Crippen LogP contribution is -2.12. The third kappa shape index (κ3) is 3.51. The third-order valence-corrected chi connectivity index (χ3v) is 5.18. The molecule has 2 heterocycles. The van der Waals surface area contributed by atoms with E-state index in [1.54, 1.807) is 19.1 Å². The number of carbonyl (C=O) groups excluding carboxylic acids is 1. The molecule has 0 aliphatic rings. The van der Waals surface area contributed by atoms with Gasteiger partial charge in [0.15, 0.2) is 11.0 Å². The number of aromatic nitrogens is 3. The van der Waals surface area contributed by atoms with Crippen LogP contribution >= 0.6 is 34.5 Å². The van der Waals surface area contributed by atoms with Crippen LogP contribution in [0.25, 0.3) is 10.7 Å². The number of nitrogens with one attached hydrogen (secondary N) is 1. The Labute approximate surface area is 155 Å². The van der Waals surface area contributed by atoms with Crippen LogP contribution in [0.15, 0.2) is 30.6 Å². The molecule has 25 heavy (non-hydrogen) atoms. The van der Waals surface area contributed by atoms with Gasteiger partial charge in [0.25, 0.3) is 5.91 Å². The predicted octanol–water partition coefficient (Wildman–Crippen LogP) is 5.27. The molecule has 0 spiro atoms. The van der Waals surface area contributed by atoms with E-state index in [9.17, 15) is 13.6 Å².